The van der Waals surface area contributed by atoms with Gasteiger partial charge in [-0.1, -0.05) is 36.4 Å². The molecule has 0 unspecified atom stereocenters. The molecule has 0 spiro atoms. The van der Waals surface area contributed by atoms with E-state index in [2.05, 4.69) is 0 Å². The first-order valence-corrected chi connectivity index (χ1v) is 8.23. The smallest absolute Gasteiger partial charge is 0.189 e. The number of methoxy groups -OCH3 is 1. The molecule has 0 saturated carbocycles. The summed E-state index contributed by atoms with van der Waals surface area (Å²) in [7, 11) is 1.66. The molecular weight excluding hydrogens is 312 g/mol. The number of carbonyl (C=O) groups excluding carboxylic acids is 1. The SMILES string of the molecule is CCOc1ccccc1C(=O)/C=C/c1ccc2cc(OC)ccc2c1. The summed E-state index contributed by atoms with van der Waals surface area (Å²) < 4.78 is 10.8. The van der Waals surface area contributed by atoms with Crippen LogP contribution in [0.2, 0.25) is 0 Å². The molecule has 3 heteroatoms. The standard InChI is InChI=1S/C22H20O3/c1-3-25-22-7-5-4-6-20(22)21(23)13-9-16-8-10-18-15-19(24-2)12-11-17(18)14-16/h4-15H,3H2,1-2H3/b13-9+. The molecule has 0 aliphatic rings. The fourth-order valence-corrected chi connectivity index (χ4v) is 2.69. The van der Waals surface area contributed by atoms with Crippen molar-refractivity contribution >= 4 is 22.6 Å². The van der Waals surface area contributed by atoms with E-state index in [0.717, 1.165) is 22.1 Å². The molecule has 3 nitrogen and oxygen atoms in total. The van der Waals surface area contributed by atoms with E-state index in [1.165, 1.54) is 0 Å². The predicted molar refractivity (Wildman–Crippen MR) is 101 cm³/mol. The number of carbonyl (C=O) groups is 1. The highest BCUT2D eigenvalue weighted by molar-refractivity contribution is 6.08. The van der Waals surface area contributed by atoms with Crippen LogP contribution in [0, 0.1) is 0 Å². The largest absolute Gasteiger partial charge is 0.497 e. The first-order valence-electron chi connectivity index (χ1n) is 8.23. The van der Waals surface area contributed by atoms with Crippen LogP contribution in [0.5, 0.6) is 11.5 Å². The molecule has 25 heavy (non-hydrogen) atoms. The molecule has 0 amide bonds. The summed E-state index contributed by atoms with van der Waals surface area (Å²) in [6.45, 7) is 2.43. The maximum absolute atomic E-state index is 12.5. The van der Waals surface area contributed by atoms with E-state index in [0.29, 0.717) is 17.9 Å². The summed E-state index contributed by atoms with van der Waals surface area (Å²) in [6, 6.07) is 19.3. The van der Waals surface area contributed by atoms with Crippen molar-refractivity contribution in [1.82, 2.24) is 0 Å². The van der Waals surface area contributed by atoms with Crippen molar-refractivity contribution in [2.75, 3.05) is 13.7 Å². The Morgan fingerprint density at radius 2 is 1.76 bits per heavy atom. The number of benzene rings is 3. The van der Waals surface area contributed by atoms with Gasteiger partial charge in [0.2, 0.25) is 0 Å². The van der Waals surface area contributed by atoms with Crippen LogP contribution in [-0.4, -0.2) is 19.5 Å². The lowest BCUT2D eigenvalue weighted by Gasteiger charge is -2.07. The molecule has 0 N–H and O–H groups in total. The average Bonchev–Trinajstić information content (AvgIpc) is 2.66. The van der Waals surface area contributed by atoms with Crippen molar-refractivity contribution in [3.63, 3.8) is 0 Å². The maximum Gasteiger partial charge on any atom is 0.189 e. The van der Waals surface area contributed by atoms with E-state index in [1.54, 1.807) is 19.3 Å². The van der Waals surface area contributed by atoms with Gasteiger partial charge in [0, 0.05) is 0 Å². The van der Waals surface area contributed by atoms with Gasteiger partial charge >= 0.3 is 0 Å². The predicted octanol–water partition coefficient (Wildman–Crippen LogP) is 5.14. The molecule has 0 aromatic heterocycles. The van der Waals surface area contributed by atoms with Gasteiger partial charge in [-0.05, 0) is 59.7 Å². The van der Waals surface area contributed by atoms with Crippen LogP contribution in [0.25, 0.3) is 16.8 Å². The Kier molecular flexibility index (Phi) is 5.14. The van der Waals surface area contributed by atoms with Crippen LogP contribution in [0.3, 0.4) is 0 Å². The molecule has 126 valence electrons. The third-order valence-corrected chi connectivity index (χ3v) is 3.95. The first kappa shape index (κ1) is 16.8. The van der Waals surface area contributed by atoms with E-state index >= 15 is 0 Å². The molecule has 3 aromatic carbocycles. The fraction of sp³-hybridized carbons (Fsp3) is 0.136. The Morgan fingerprint density at radius 3 is 2.56 bits per heavy atom. The molecule has 3 rings (SSSR count). The van der Waals surface area contributed by atoms with Gasteiger partial charge in [0.15, 0.2) is 5.78 Å². The first-order chi connectivity index (χ1) is 12.2. The molecule has 0 aliphatic carbocycles. The zero-order chi connectivity index (χ0) is 17.6. The molecule has 0 radical (unpaired) electrons. The second-order valence-corrected chi connectivity index (χ2v) is 5.60. The van der Waals surface area contributed by atoms with Gasteiger partial charge in [-0.15, -0.1) is 0 Å². The van der Waals surface area contributed by atoms with Gasteiger partial charge in [-0.3, -0.25) is 4.79 Å². The lowest BCUT2D eigenvalue weighted by atomic mass is 10.0. The number of fused-ring (bicyclic) bond motifs is 1. The lowest BCUT2D eigenvalue weighted by Crippen LogP contribution is -2.01. The fourth-order valence-electron chi connectivity index (χ4n) is 2.69. The Morgan fingerprint density at radius 1 is 1.00 bits per heavy atom. The second-order valence-electron chi connectivity index (χ2n) is 5.60. The number of allylic oxidation sites excluding steroid dienone is 1. The molecule has 0 fully saturated rings. The van der Waals surface area contributed by atoms with Crippen LogP contribution < -0.4 is 9.47 Å². The van der Waals surface area contributed by atoms with Crippen molar-refractivity contribution in [3.05, 3.63) is 77.9 Å². The third-order valence-electron chi connectivity index (χ3n) is 3.95. The molecule has 3 aromatic rings. The van der Waals surface area contributed by atoms with Gasteiger partial charge in [-0.2, -0.15) is 0 Å². The maximum atomic E-state index is 12.5. The molecule has 0 saturated heterocycles. The highest BCUT2D eigenvalue weighted by Crippen LogP contribution is 2.23. The molecule has 0 aliphatic heterocycles. The van der Waals surface area contributed by atoms with Crippen molar-refractivity contribution in [2.24, 2.45) is 0 Å². The van der Waals surface area contributed by atoms with Gasteiger partial charge in [0.1, 0.15) is 11.5 Å². The van der Waals surface area contributed by atoms with Crippen LogP contribution in [0.4, 0.5) is 0 Å². The van der Waals surface area contributed by atoms with Crippen molar-refractivity contribution < 1.29 is 14.3 Å². The van der Waals surface area contributed by atoms with E-state index < -0.39 is 0 Å². The normalized spacial score (nSPS) is 11.0. The van der Waals surface area contributed by atoms with Gasteiger partial charge in [-0.25, -0.2) is 0 Å². The summed E-state index contributed by atoms with van der Waals surface area (Å²) in [5.41, 5.74) is 1.55. The number of hydrogen-bond donors (Lipinski definition) is 0. The highest BCUT2D eigenvalue weighted by atomic mass is 16.5. The van der Waals surface area contributed by atoms with E-state index in [-0.39, 0.29) is 5.78 Å². The Balaban J connectivity index is 1.84. The van der Waals surface area contributed by atoms with E-state index in [9.17, 15) is 4.79 Å². The minimum Gasteiger partial charge on any atom is -0.497 e. The van der Waals surface area contributed by atoms with Crippen molar-refractivity contribution in [2.45, 2.75) is 6.92 Å². The zero-order valence-electron chi connectivity index (χ0n) is 14.4. The van der Waals surface area contributed by atoms with Gasteiger partial charge in [0.05, 0.1) is 19.3 Å². The Labute approximate surface area is 147 Å². The quantitative estimate of drug-likeness (QED) is 0.463. The zero-order valence-corrected chi connectivity index (χ0v) is 14.4. The van der Waals surface area contributed by atoms with Crippen molar-refractivity contribution in [1.29, 1.82) is 0 Å². The summed E-state index contributed by atoms with van der Waals surface area (Å²) in [6.07, 6.45) is 3.41. The number of ether oxygens (including phenoxy) is 2. The monoisotopic (exact) mass is 332 g/mol. The van der Waals surface area contributed by atoms with Crippen LogP contribution in [0.15, 0.2) is 66.7 Å². The van der Waals surface area contributed by atoms with Gasteiger partial charge in [0.25, 0.3) is 0 Å². The molecule has 0 atom stereocenters. The molecule has 0 heterocycles. The van der Waals surface area contributed by atoms with Crippen LogP contribution >= 0.6 is 0 Å². The minimum atomic E-state index is -0.0705. The second kappa shape index (κ2) is 7.67. The highest BCUT2D eigenvalue weighted by Gasteiger charge is 2.08. The van der Waals surface area contributed by atoms with Crippen molar-refractivity contribution in [3.8, 4) is 11.5 Å². The third kappa shape index (κ3) is 3.89. The molecule has 0 bridgehead atoms. The molecular formula is C22H20O3. The number of para-hydroxylation sites is 1. The lowest BCUT2D eigenvalue weighted by molar-refractivity contribution is 0.104. The number of ketones is 1. The summed E-state index contributed by atoms with van der Waals surface area (Å²) in [4.78, 5) is 12.5. The Hall–Kier alpha value is -3.07. The Bertz CT molecular complexity index is 925. The van der Waals surface area contributed by atoms with E-state index in [1.807, 2.05) is 67.6 Å². The summed E-state index contributed by atoms with van der Waals surface area (Å²) in [5, 5.41) is 2.20. The van der Waals surface area contributed by atoms with Gasteiger partial charge < -0.3 is 9.47 Å². The number of hydrogen-bond acceptors (Lipinski definition) is 3. The topological polar surface area (TPSA) is 35.5 Å². The minimum absolute atomic E-state index is 0.0705. The van der Waals surface area contributed by atoms with Crippen LogP contribution in [-0.2, 0) is 0 Å². The van der Waals surface area contributed by atoms with E-state index in [4.69, 9.17) is 9.47 Å². The summed E-state index contributed by atoms with van der Waals surface area (Å²) >= 11 is 0. The van der Waals surface area contributed by atoms with Crippen LogP contribution in [0.1, 0.15) is 22.8 Å². The average molecular weight is 332 g/mol. The summed E-state index contributed by atoms with van der Waals surface area (Å²) in [5.74, 6) is 1.38. The number of rotatable bonds is 6.